The zero-order chi connectivity index (χ0) is 13.1. The Morgan fingerprint density at radius 2 is 2.33 bits per heavy atom. The normalized spacial score (nSPS) is 18.8. The maximum absolute atomic E-state index is 11.0. The monoisotopic (exact) mass is 266 g/mol. The van der Waals surface area contributed by atoms with E-state index in [4.69, 9.17) is 11.6 Å². The van der Waals surface area contributed by atoms with Gasteiger partial charge in [0.05, 0.1) is 10.7 Å². The number of aldehydes is 1. The zero-order valence-corrected chi connectivity index (χ0v) is 10.9. The molecule has 1 aliphatic heterocycles. The standard InChI is InChI=1S/C13H15ClN2O2/c1-9(18)15-11-4-5-16(7-11)13-3-2-10(8-17)6-12(13)14/h2-3,6,8,11H,4-5,7H2,1H3,(H,15,18). The number of halogens is 1. The maximum Gasteiger partial charge on any atom is 0.217 e. The lowest BCUT2D eigenvalue weighted by molar-refractivity contribution is -0.119. The Morgan fingerprint density at radius 1 is 1.56 bits per heavy atom. The minimum absolute atomic E-state index is 0.00995. The zero-order valence-electron chi connectivity index (χ0n) is 10.1. The SMILES string of the molecule is CC(=O)NC1CCN(c2ccc(C=O)cc2Cl)C1. The van der Waals surface area contributed by atoms with E-state index in [0.29, 0.717) is 10.6 Å². The van der Waals surface area contributed by atoms with Crippen LogP contribution in [-0.4, -0.2) is 31.3 Å². The van der Waals surface area contributed by atoms with Crippen molar-refractivity contribution in [3.8, 4) is 0 Å². The molecule has 96 valence electrons. The maximum atomic E-state index is 11.0. The molecule has 1 atom stereocenters. The van der Waals surface area contributed by atoms with Gasteiger partial charge in [0.25, 0.3) is 0 Å². The van der Waals surface area contributed by atoms with Gasteiger partial charge in [-0.2, -0.15) is 0 Å². The van der Waals surface area contributed by atoms with E-state index in [1.807, 2.05) is 6.07 Å². The largest absolute Gasteiger partial charge is 0.368 e. The van der Waals surface area contributed by atoms with Gasteiger partial charge in [0, 0.05) is 31.6 Å². The van der Waals surface area contributed by atoms with Gasteiger partial charge >= 0.3 is 0 Å². The van der Waals surface area contributed by atoms with Crippen molar-refractivity contribution >= 4 is 29.5 Å². The van der Waals surface area contributed by atoms with Gasteiger partial charge in [-0.15, -0.1) is 0 Å². The molecule has 18 heavy (non-hydrogen) atoms. The quantitative estimate of drug-likeness (QED) is 0.850. The molecule has 1 saturated heterocycles. The minimum atomic E-state index is -0.00995. The van der Waals surface area contributed by atoms with Gasteiger partial charge < -0.3 is 10.2 Å². The van der Waals surface area contributed by atoms with Crippen LogP contribution >= 0.6 is 11.6 Å². The number of hydrogen-bond donors (Lipinski definition) is 1. The van der Waals surface area contributed by atoms with Crippen LogP contribution in [0.2, 0.25) is 5.02 Å². The first kappa shape index (κ1) is 12.9. The molecule has 1 aromatic rings. The summed E-state index contributed by atoms with van der Waals surface area (Å²) in [7, 11) is 0. The van der Waals surface area contributed by atoms with Crippen LogP contribution in [-0.2, 0) is 4.79 Å². The van der Waals surface area contributed by atoms with E-state index in [9.17, 15) is 9.59 Å². The van der Waals surface area contributed by atoms with Crippen LogP contribution < -0.4 is 10.2 Å². The van der Waals surface area contributed by atoms with E-state index in [-0.39, 0.29) is 11.9 Å². The molecule has 1 aliphatic rings. The highest BCUT2D eigenvalue weighted by Crippen LogP contribution is 2.29. The van der Waals surface area contributed by atoms with Crippen molar-refractivity contribution < 1.29 is 9.59 Å². The van der Waals surface area contributed by atoms with E-state index < -0.39 is 0 Å². The molecule has 1 fully saturated rings. The van der Waals surface area contributed by atoms with E-state index >= 15 is 0 Å². The molecule has 0 spiro atoms. The third-order valence-corrected chi connectivity index (χ3v) is 3.35. The van der Waals surface area contributed by atoms with Crippen LogP contribution in [0.4, 0.5) is 5.69 Å². The van der Waals surface area contributed by atoms with Gasteiger partial charge in [-0.25, -0.2) is 0 Å². The fourth-order valence-corrected chi connectivity index (χ4v) is 2.55. The fraction of sp³-hybridized carbons (Fsp3) is 0.385. The van der Waals surface area contributed by atoms with Gasteiger partial charge in [0.15, 0.2) is 0 Å². The summed E-state index contributed by atoms with van der Waals surface area (Å²) in [5.74, 6) is -0.00995. The first-order chi connectivity index (χ1) is 8.60. The highest BCUT2D eigenvalue weighted by molar-refractivity contribution is 6.33. The van der Waals surface area contributed by atoms with Crippen molar-refractivity contribution in [2.75, 3.05) is 18.0 Å². The Labute approximate surface area is 111 Å². The molecule has 5 heteroatoms. The average Bonchev–Trinajstić information content (AvgIpc) is 2.76. The van der Waals surface area contributed by atoms with Gasteiger partial charge in [-0.05, 0) is 24.6 Å². The average molecular weight is 267 g/mol. The summed E-state index contributed by atoms with van der Waals surface area (Å²) < 4.78 is 0. The van der Waals surface area contributed by atoms with Crippen LogP contribution in [0.1, 0.15) is 23.7 Å². The summed E-state index contributed by atoms with van der Waals surface area (Å²) in [6.07, 6.45) is 1.69. The lowest BCUT2D eigenvalue weighted by Crippen LogP contribution is -2.35. The molecule has 1 heterocycles. The number of carbonyl (C=O) groups excluding carboxylic acids is 2. The summed E-state index contributed by atoms with van der Waals surface area (Å²) >= 11 is 6.15. The molecular formula is C13H15ClN2O2. The van der Waals surface area contributed by atoms with E-state index in [1.165, 1.54) is 6.92 Å². The summed E-state index contributed by atoms with van der Waals surface area (Å²) in [4.78, 5) is 23.8. The second-order valence-electron chi connectivity index (χ2n) is 4.46. The molecule has 1 N–H and O–H groups in total. The third-order valence-electron chi connectivity index (χ3n) is 3.04. The number of anilines is 1. The van der Waals surface area contributed by atoms with E-state index in [2.05, 4.69) is 10.2 Å². The van der Waals surface area contributed by atoms with Crippen molar-refractivity contribution in [2.45, 2.75) is 19.4 Å². The summed E-state index contributed by atoms with van der Waals surface area (Å²) in [5.41, 5.74) is 1.48. The number of hydrogen-bond acceptors (Lipinski definition) is 3. The molecule has 1 aromatic carbocycles. The van der Waals surface area contributed by atoms with Crippen LogP contribution in [0.5, 0.6) is 0 Å². The molecule has 0 radical (unpaired) electrons. The molecule has 0 bridgehead atoms. The predicted molar refractivity (Wildman–Crippen MR) is 71.3 cm³/mol. The highest BCUT2D eigenvalue weighted by Gasteiger charge is 2.24. The number of nitrogens with zero attached hydrogens (tertiary/aromatic N) is 1. The Kier molecular flexibility index (Phi) is 3.87. The molecule has 0 saturated carbocycles. The minimum Gasteiger partial charge on any atom is -0.368 e. The van der Waals surface area contributed by atoms with Crippen molar-refractivity contribution in [1.29, 1.82) is 0 Å². The van der Waals surface area contributed by atoms with Crippen LogP contribution in [0.15, 0.2) is 18.2 Å². The smallest absolute Gasteiger partial charge is 0.217 e. The van der Waals surface area contributed by atoms with Crippen LogP contribution in [0.25, 0.3) is 0 Å². The number of amides is 1. The number of benzene rings is 1. The van der Waals surface area contributed by atoms with E-state index in [0.717, 1.165) is 31.5 Å². The summed E-state index contributed by atoms with van der Waals surface area (Å²) in [6.45, 7) is 3.12. The van der Waals surface area contributed by atoms with Gasteiger partial charge in [-0.1, -0.05) is 11.6 Å². The fourth-order valence-electron chi connectivity index (χ4n) is 2.24. The lowest BCUT2D eigenvalue weighted by atomic mass is 10.2. The second kappa shape index (κ2) is 5.40. The van der Waals surface area contributed by atoms with Gasteiger partial charge in [0.2, 0.25) is 5.91 Å². The Balaban J connectivity index is 2.09. The summed E-state index contributed by atoms with van der Waals surface area (Å²) in [6, 6.07) is 5.43. The Bertz CT molecular complexity index is 476. The highest BCUT2D eigenvalue weighted by atomic mass is 35.5. The first-order valence-corrected chi connectivity index (χ1v) is 6.24. The van der Waals surface area contributed by atoms with Crippen LogP contribution in [0, 0.1) is 0 Å². The molecular weight excluding hydrogens is 252 g/mol. The lowest BCUT2D eigenvalue weighted by Gasteiger charge is -2.20. The second-order valence-corrected chi connectivity index (χ2v) is 4.87. The van der Waals surface area contributed by atoms with Crippen molar-refractivity contribution in [2.24, 2.45) is 0 Å². The molecule has 0 aromatic heterocycles. The Hall–Kier alpha value is -1.55. The molecule has 1 unspecified atom stereocenters. The molecule has 0 aliphatic carbocycles. The first-order valence-electron chi connectivity index (χ1n) is 5.87. The Morgan fingerprint density at radius 3 is 2.94 bits per heavy atom. The number of carbonyl (C=O) groups is 2. The summed E-state index contributed by atoms with van der Waals surface area (Å²) in [5, 5.41) is 3.48. The topological polar surface area (TPSA) is 49.4 Å². The molecule has 2 rings (SSSR count). The number of nitrogens with one attached hydrogen (secondary N) is 1. The van der Waals surface area contributed by atoms with E-state index in [1.54, 1.807) is 12.1 Å². The van der Waals surface area contributed by atoms with Crippen LogP contribution in [0.3, 0.4) is 0 Å². The predicted octanol–water partition coefficient (Wildman–Crippen LogP) is 1.87. The van der Waals surface area contributed by atoms with Crippen molar-refractivity contribution in [3.05, 3.63) is 28.8 Å². The third kappa shape index (κ3) is 2.82. The molecule has 4 nitrogen and oxygen atoms in total. The van der Waals surface area contributed by atoms with Gasteiger partial charge in [0.1, 0.15) is 6.29 Å². The molecule has 1 amide bonds. The number of rotatable bonds is 3. The van der Waals surface area contributed by atoms with Gasteiger partial charge in [-0.3, -0.25) is 9.59 Å². The van der Waals surface area contributed by atoms with Crippen molar-refractivity contribution in [1.82, 2.24) is 5.32 Å². The van der Waals surface area contributed by atoms with Crippen molar-refractivity contribution in [3.63, 3.8) is 0 Å².